The molecule has 0 amide bonds. The fourth-order valence-electron chi connectivity index (χ4n) is 1.20. The summed E-state index contributed by atoms with van der Waals surface area (Å²) < 4.78 is 5.92. The third kappa shape index (κ3) is 3.09. The van der Waals surface area contributed by atoms with Gasteiger partial charge in [0.2, 0.25) is 0 Å². The molecule has 0 heterocycles. The summed E-state index contributed by atoms with van der Waals surface area (Å²) >= 11 is 3.36. The van der Waals surface area contributed by atoms with Crippen LogP contribution < -0.4 is 4.74 Å². The van der Waals surface area contributed by atoms with Crippen LogP contribution in [-0.2, 0) is 4.79 Å². The number of hydrogen-bond donors (Lipinski definition) is 1. The van der Waals surface area contributed by atoms with Crippen LogP contribution >= 0.6 is 15.9 Å². The molecule has 1 aromatic carbocycles. The van der Waals surface area contributed by atoms with Crippen molar-refractivity contribution in [3.8, 4) is 5.75 Å². The predicted octanol–water partition coefficient (Wildman–Crippen LogP) is 2.95. The fraction of sp³-hybridized carbons (Fsp3) is 0.182. The van der Waals surface area contributed by atoms with Crippen LogP contribution in [-0.4, -0.2) is 18.2 Å². The summed E-state index contributed by atoms with van der Waals surface area (Å²) in [4.78, 5) is 10.5. The number of ether oxygens (including phenoxy) is 1. The summed E-state index contributed by atoms with van der Waals surface area (Å²) in [5.74, 6) is -0.256. The smallest absolute Gasteiger partial charge is 0.328 e. The molecule has 0 saturated heterocycles. The number of allylic oxidation sites excluding steroid dienone is 1. The molecule has 0 fully saturated rings. The van der Waals surface area contributed by atoms with Crippen molar-refractivity contribution in [3.63, 3.8) is 0 Å². The molecular weight excluding hydrogens is 260 g/mol. The van der Waals surface area contributed by atoms with Gasteiger partial charge in [-0.1, -0.05) is 15.9 Å². The quantitative estimate of drug-likeness (QED) is 0.860. The maximum Gasteiger partial charge on any atom is 0.328 e. The van der Waals surface area contributed by atoms with Crippen molar-refractivity contribution < 1.29 is 14.6 Å². The molecule has 0 aromatic heterocycles. The van der Waals surface area contributed by atoms with E-state index >= 15 is 0 Å². The van der Waals surface area contributed by atoms with Crippen LogP contribution in [0.3, 0.4) is 0 Å². The number of carboxylic acid groups (broad SMARTS) is 1. The number of carboxylic acids is 1. The molecule has 0 atom stereocenters. The minimum absolute atomic E-state index is 0.674. The van der Waals surface area contributed by atoms with Gasteiger partial charge in [0, 0.05) is 10.5 Å². The number of benzene rings is 1. The zero-order valence-electron chi connectivity index (χ0n) is 8.45. The van der Waals surface area contributed by atoms with Gasteiger partial charge in [-0.25, -0.2) is 4.79 Å². The Morgan fingerprint density at radius 3 is 2.73 bits per heavy atom. The number of rotatable bonds is 3. The lowest BCUT2D eigenvalue weighted by Crippen LogP contribution is -1.92. The van der Waals surface area contributed by atoms with Gasteiger partial charge in [0.1, 0.15) is 5.75 Å². The largest absolute Gasteiger partial charge is 0.497 e. The molecule has 3 nitrogen and oxygen atoms in total. The zero-order chi connectivity index (χ0) is 11.4. The molecule has 15 heavy (non-hydrogen) atoms. The van der Waals surface area contributed by atoms with Gasteiger partial charge < -0.3 is 9.84 Å². The van der Waals surface area contributed by atoms with Gasteiger partial charge in [0.25, 0.3) is 0 Å². The minimum Gasteiger partial charge on any atom is -0.497 e. The lowest BCUT2D eigenvalue weighted by atomic mass is 10.1. The van der Waals surface area contributed by atoms with Crippen LogP contribution in [0.4, 0.5) is 0 Å². The fourth-order valence-corrected chi connectivity index (χ4v) is 1.76. The first-order chi connectivity index (χ1) is 7.04. The van der Waals surface area contributed by atoms with E-state index in [1.165, 1.54) is 6.08 Å². The molecule has 1 aromatic rings. The van der Waals surface area contributed by atoms with E-state index in [0.29, 0.717) is 11.3 Å². The Morgan fingerprint density at radius 2 is 2.20 bits per heavy atom. The molecule has 4 heteroatoms. The monoisotopic (exact) mass is 270 g/mol. The SMILES string of the molecule is COc1ccc(Br)c(/C(C)=C/C(=O)O)c1. The highest BCUT2D eigenvalue weighted by Gasteiger charge is 2.05. The molecule has 0 saturated carbocycles. The van der Waals surface area contributed by atoms with Crippen molar-refractivity contribution in [1.29, 1.82) is 0 Å². The zero-order valence-corrected chi connectivity index (χ0v) is 10.0. The van der Waals surface area contributed by atoms with Gasteiger partial charge >= 0.3 is 5.97 Å². The van der Waals surface area contributed by atoms with E-state index < -0.39 is 5.97 Å². The first-order valence-electron chi connectivity index (χ1n) is 4.29. The lowest BCUT2D eigenvalue weighted by Gasteiger charge is -2.07. The van der Waals surface area contributed by atoms with Crippen molar-refractivity contribution in [2.24, 2.45) is 0 Å². The molecule has 1 rings (SSSR count). The standard InChI is InChI=1S/C11H11BrO3/c1-7(5-11(13)14)9-6-8(15-2)3-4-10(9)12/h3-6H,1-2H3,(H,13,14)/b7-5+. The molecule has 0 aliphatic carbocycles. The second kappa shape index (κ2) is 4.98. The van der Waals surface area contributed by atoms with Crippen LogP contribution in [0.15, 0.2) is 28.7 Å². The van der Waals surface area contributed by atoms with Crippen molar-refractivity contribution in [1.82, 2.24) is 0 Å². The summed E-state index contributed by atoms with van der Waals surface area (Å²) in [5.41, 5.74) is 1.49. The Balaban J connectivity index is 3.17. The van der Waals surface area contributed by atoms with Gasteiger partial charge in [0.15, 0.2) is 0 Å². The number of halogens is 1. The first kappa shape index (κ1) is 11.8. The Kier molecular flexibility index (Phi) is 3.91. The molecule has 0 aliphatic heterocycles. The van der Waals surface area contributed by atoms with Gasteiger partial charge in [-0.05, 0) is 36.3 Å². The summed E-state index contributed by atoms with van der Waals surface area (Å²) in [5, 5.41) is 8.64. The van der Waals surface area contributed by atoms with Crippen molar-refractivity contribution >= 4 is 27.5 Å². The Morgan fingerprint density at radius 1 is 1.53 bits per heavy atom. The van der Waals surface area contributed by atoms with E-state index in [0.717, 1.165) is 10.0 Å². The third-order valence-electron chi connectivity index (χ3n) is 1.94. The molecule has 0 unspecified atom stereocenters. The Hall–Kier alpha value is -1.29. The van der Waals surface area contributed by atoms with Gasteiger partial charge in [-0.2, -0.15) is 0 Å². The second-order valence-electron chi connectivity index (χ2n) is 3.01. The molecule has 80 valence electrons. The molecule has 0 bridgehead atoms. The molecule has 1 N–H and O–H groups in total. The van der Waals surface area contributed by atoms with E-state index in [1.807, 2.05) is 12.1 Å². The molecule has 0 spiro atoms. The molecule has 0 aliphatic rings. The van der Waals surface area contributed by atoms with Crippen LogP contribution in [0.5, 0.6) is 5.75 Å². The average molecular weight is 271 g/mol. The van der Waals surface area contributed by atoms with Gasteiger partial charge in [-0.15, -0.1) is 0 Å². The number of methoxy groups -OCH3 is 1. The average Bonchev–Trinajstić information content (AvgIpc) is 2.17. The maximum absolute atomic E-state index is 10.5. The topological polar surface area (TPSA) is 46.5 Å². The normalized spacial score (nSPS) is 11.3. The number of hydrogen-bond acceptors (Lipinski definition) is 2. The van der Waals surface area contributed by atoms with Gasteiger partial charge in [0.05, 0.1) is 7.11 Å². The lowest BCUT2D eigenvalue weighted by molar-refractivity contribution is -0.131. The summed E-state index contributed by atoms with van der Waals surface area (Å²) in [7, 11) is 1.57. The summed E-state index contributed by atoms with van der Waals surface area (Å²) in [6.45, 7) is 1.74. The van der Waals surface area contributed by atoms with E-state index in [9.17, 15) is 4.79 Å². The van der Waals surface area contributed by atoms with Crippen LogP contribution in [0.1, 0.15) is 12.5 Å². The number of carbonyl (C=O) groups is 1. The van der Waals surface area contributed by atoms with Crippen LogP contribution in [0.25, 0.3) is 5.57 Å². The number of aliphatic carboxylic acids is 1. The van der Waals surface area contributed by atoms with Crippen molar-refractivity contribution in [2.45, 2.75) is 6.92 Å². The highest BCUT2D eigenvalue weighted by molar-refractivity contribution is 9.10. The minimum atomic E-state index is -0.956. The molecule has 0 radical (unpaired) electrons. The third-order valence-corrected chi connectivity index (χ3v) is 2.63. The van der Waals surface area contributed by atoms with Crippen LogP contribution in [0.2, 0.25) is 0 Å². The predicted molar refractivity (Wildman–Crippen MR) is 62.0 cm³/mol. The second-order valence-corrected chi connectivity index (χ2v) is 3.87. The first-order valence-corrected chi connectivity index (χ1v) is 5.09. The van der Waals surface area contributed by atoms with Gasteiger partial charge in [-0.3, -0.25) is 0 Å². The van der Waals surface area contributed by atoms with Crippen LogP contribution in [0, 0.1) is 0 Å². The molecular formula is C11H11BrO3. The Bertz CT molecular complexity index is 410. The van der Waals surface area contributed by atoms with Crippen molar-refractivity contribution in [2.75, 3.05) is 7.11 Å². The van der Waals surface area contributed by atoms with E-state index in [4.69, 9.17) is 9.84 Å². The van der Waals surface area contributed by atoms with Crippen molar-refractivity contribution in [3.05, 3.63) is 34.3 Å². The summed E-state index contributed by atoms with van der Waals surface area (Å²) in [6.07, 6.45) is 1.17. The maximum atomic E-state index is 10.5. The Labute approximate surface area is 96.5 Å². The highest BCUT2D eigenvalue weighted by atomic mass is 79.9. The van der Waals surface area contributed by atoms with E-state index in [2.05, 4.69) is 15.9 Å². The summed E-state index contributed by atoms with van der Waals surface area (Å²) in [6, 6.07) is 5.42. The highest BCUT2D eigenvalue weighted by Crippen LogP contribution is 2.28. The van der Waals surface area contributed by atoms with E-state index in [1.54, 1.807) is 20.1 Å². The van der Waals surface area contributed by atoms with E-state index in [-0.39, 0.29) is 0 Å².